The number of nitrogens with one attached hydrogen (secondary N) is 1. The molecule has 0 aliphatic carbocycles. The Morgan fingerprint density at radius 3 is 2.57 bits per heavy atom. The van der Waals surface area contributed by atoms with Crippen LogP contribution in [0.5, 0.6) is 0 Å². The van der Waals surface area contributed by atoms with E-state index in [9.17, 15) is 0 Å². The molecule has 3 nitrogen and oxygen atoms in total. The second kappa shape index (κ2) is 3.59. The molecule has 2 heterocycles. The van der Waals surface area contributed by atoms with Crippen molar-refractivity contribution in [2.24, 2.45) is 0 Å². The lowest BCUT2D eigenvalue weighted by Crippen LogP contribution is -2.50. The van der Waals surface area contributed by atoms with Crippen molar-refractivity contribution in [3.05, 3.63) is 17.4 Å². The molecule has 1 aliphatic rings. The molecule has 1 aromatic rings. The van der Waals surface area contributed by atoms with E-state index in [1.165, 1.54) is 0 Å². The zero-order valence-corrected chi connectivity index (χ0v) is 9.69. The summed E-state index contributed by atoms with van der Waals surface area (Å²) in [5.41, 5.74) is 0. The summed E-state index contributed by atoms with van der Waals surface area (Å²) < 4.78 is 0.281. The van der Waals surface area contributed by atoms with E-state index < -0.39 is 0 Å². The maximum Gasteiger partial charge on any atom is 0.222 e. The minimum Gasteiger partial charge on any atom is -0.349 e. The van der Waals surface area contributed by atoms with Crippen molar-refractivity contribution in [2.45, 2.75) is 24.6 Å². The zero-order chi connectivity index (χ0) is 10.2. The largest absolute Gasteiger partial charge is 0.349 e. The second-order valence-electron chi connectivity index (χ2n) is 3.84. The summed E-state index contributed by atoms with van der Waals surface area (Å²) in [6, 6.07) is 0.452. The van der Waals surface area contributed by atoms with Gasteiger partial charge < -0.3 is 5.32 Å². The fraction of sp³-hybridized carbons (Fsp3) is 0.556. The summed E-state index contributed by atoms with van der Waals surface area (Å²) in [5.74, 6) is 1.77. The highest BCUT2D eigenvalue weighted by atomic mass is 35.5. The van der Waals surface area contributed by atoms with E-state index in [0.29, 0.717) is 17.0 Å². The first-order valence-corrected chi connectivity index (χ1v) is 5.82. The molecule has 0 bridgehead atoms. The van der Waals surface area contributed by atoms with Gasteiger partial charge >= 0.3 is 0 Å². The molecule has 0 spiro atoms. The number of halogens is 1. The van der Waals surface area contributed by atoms with Crippen molar-refractivity contribution in [1.29, 1.82) is 0 Å². The summed E-state index contributed by atoms with van der Waals surface area (Å²) in [6.07, 6.45) is 3.21. The summed E-state index contributed by atoms with van der Waals surface area (Å²) >= 11 is 7.64. The van der Waals surface area contributed by atoms with Crippen molar-refractivity contribution in [3.8, 4) is 0 Å². The first kappa shape index (κ1) is 10.1. The Bertz CT molecular complexity index is 325. The highest BCUT2D eigenvalue weighted by Crippen LogP contribution is 2.41. The first-order valence-electron chi connectivity index (χ1n) is 4.46. The molecular formula is C9H12ClN3S. The molecule has 1 N–H and O–H groups in total. The summed E-state index contributed by atoms with van der Waals surface area (Å²) in [7, 11) is 0. The Hall–Kier alpha value is -0.480. The van der Waals surface area contributed by atoms with Crippen LogP contribution in [-0.4, -0.2) is 26.5 Å². The molecule has 0 amide bonds. The van der Waals surface area contributed by atoms with Crippen LogP contribution in [0.3, 0.4) is 0 Å². The van der Waals surface area contributed by atoms with Crippen molar-refractivity contribution in [1.82, 2.24) is 9.97 Å². The summed E-state index contributed by atoms with van der Waals surface area (Å²) in [4.78, 5) is 8.20. The fourth-order valence-electron chi connectivity index (χ4n) is 1.26. The van der Waals surface area contributed by atoms with Gasteiger partial charge in [-0.1, -0.05) is 11.6 Å². The molecule has 1 fully saturated rings. The smallest absolute Gasteiger partial charge is 0.222 e. The number of aromatic nitrogens is 2. The fourth-order valence-corrected chi connectivity index (χ4v) is 2.50. The predicted molar refractivity (Wildman–Crippen MR) is 61.0 cm³/mol. The zero-order valence-electron chi connectivity index (χ0n) is 8.12. The number of nitrogens with zero attached hydrogens (tertiary/aromatic N) is 2. The molecule has 1 unspecified atom stereocenters. The average molecular weight is 230 g/mol. The van der Waals surface area contributed by atoms with Crippen LogP contribution >= 0.6 is 23.4 Å². The number of hydrogen-bond acceptors (Lipinski definition) is 4. The maximum absolute atomic E-state index is 5.70. The van der Waals surface area contributed by atoms with Crippen LogP contribution in [0, 0.1) is 0 Å². The minimum absolute atomic E-state index is 0.281. The number of hydrogen-bond donors (Lipinski definition) is 1. The first-order chi connectivity index (χ1) is 6.58. The van der Waals surface area contributed by atoms with Gasteiger partial charge in [0.25, 0.3) is 0 Å². The van der Waals surface area contributed by atoms with E-state index >= 15 is 0 Å². The maximum atomic E-state index is 5.70. The molecule has 1 saturated heterocycles. The molecule has 2 rings (SSSR count). The molecule has 5 heteroatoms. The third-order valence-electron chi connectivity index (χ3n) is 2.38. The Kier molecular flexibility index (Phi) is 2.58. The van der Waals surface area contributed by atoms with E-state index in [0.717, 1.165) is 5.75 Å². The van der Waals surface area contributed by atoms with Gasteiger partial charge in [-0.2, -0.15) is 11.8 Å². The van der Waals surface area contributed by atoms with Gasteiger partial charge in [-0.05, 0) is 13.8 Å². The van der Waals surface area contributed by atoms with Crippen LogP contribution in [0.15, 0.2) is 12.4 Å². The molecule has 14 heavy (non-hydrogen) atoms. The average Bonchev–Trinajstić information content (AvgIpc) is 2.15. The molecule has 1 aliphatic heterocycles. The van der Waals surface area contributed by atoms with E-state index in [1.54, 1.807) is 12.4 Å². The van der Waals surface area contributed by atoms with Crippen molar-refractivity contribution in [3.63, 3.8) is 0 Å². The van der Waals surface area contributed by atoms with Gasteiger partial charge in [-0.3, -0.25) is 0 Å². The standard InChI is InChI=1S/C9H12ClN3S/c1-9(2)7(5-14-9)13-8-11-3-6(10)4-12-8/h3-4,7H,5H2,1-2H3,(H,11,12,13). The Morgan fingerprint density at radius 2 is 2.14 bits per heavy atom. The highest BCUT2D eigenvalue weighted by molar-refractivity contribution is 8.02. The van der Waals surface area contributed by atoms with E-state index in [1.807, 2.05) is 11.8 Å². The van der Waals surface area contributed by atoms with Gasteiger partial charge in [0.15, 0.2) is 0 Å². The molecular weight excluding hydrogens is 218 g/mol. The predicted octanol–water partition coefficient (Wildman–Crippen LogP) is 2.44. The van der Waals surface area contributed by atoms with Crippen molar-refractivity contribution < 1.29 is 0 Å². The van der Waals surface area contributed by atoms with Crippen LogP contribution in [0.4, 0.5) is 5.95 Å². The van der Waals surface area contributed by atoms with Crippen LogP contribution in [-0.2, 0) is 0 Å². The third kappa shape index (κ3) is 1.96. The van der Waals surface area contributed by atoms with Crippen molar-refractivity contribution in [2.75, 3.05) is 11.1 Å². The molecule has 76 valence electrons. The van der Waals surface area contributed by atoms with Gasteiger partial charge in [-0.15, -0.1) is 0 Å². The Morgan fingerprint density at radius 1 is 1.50 bits per heavy atom. The number of anilines is 1. The monoisotopic (exact) mass is 229 g/mol. The van der Waals surface area contributed by atoms with Crippen LogP contribution in [0.2, 0.25) is 5.02 Å². The summed E-state index contributed by atoms with van der Waals surface area (Å²) in [5, 5.41) is 3.86. The molecule has 0 aromatic carbocycles. The number of rotatable bonds is 2. The lowest BCUT2D eigenvalue weighted by Gasteiger charge is -2.43. The molecule has 1 atom stereocenters. The van der Waals surface area contributed by atoms with Gasteiger partial charge in [0.2, 0.25) is 5.95 Å². The van der Waals surface area contributed by atoms with E-state index in [-0.39, 0.29) is 4.75 Å². The van der Waals surface area contributed by atoms with Crippen LogP contribution in [0.25, 0.3) is 0 Å². The summed E-state index contributed by atoms with van der Waals surface area (Å²) in [6.45, 7) is 4.43. The highest BCUT2D eigenvalue weighted by Gasteiger charge is 2.39. The lowest BCUT2D eigenvalue weighted by atomic mass is 10.0. The SMILES string of the molecule is CC1(C)SCC1Nc1ncc(Cl)cn1. The van der Waals surface area contributed by atoms with Crippen LogP contribution < -0.4 is 5.32 Å². The molecule has 0 radical (unpaired) electrons. The molecule has 1 aromatic heterocycles. The lowest BCUT2D eigenvalue weighted by molar-refractivity contribution is 0.572. The second-order valence-corrected chi connectivity index (χ2v) is 5.95. The minimum atomic E-state index is 0.281. The topological polar surface area (TPSA) is 37.8 Å². The van der Waals surface area contributed by atoms with Gasteiger partial charge in [-0.25, -0.2) is 9.97 Å². The third-order valence-corrected chi connectivity index (χ3v) is 4.11. The van der Waals surface area contributed by atoms with Crippen molar-refractivity contribution >= 4 is 29.3 Å². The van der Waals surface area contributed by atoms with Crippen LogP contribution in [0.1, 0.15) is 13.8 Å². The molecule has 0 saturated carbocycles. The Labute approximate surface area is 92.7 Å². The van der Waals surface area contributed by atoms with Gasteiger partial charge in [0, 0.05) is 10.5 Å². The number of thioether (sulfide) groups is 1. The Balaban J connectivity index is 2.01. The van der Waals surface area contributed by atoms with E-state index in [2.05, 4.69) is 29.1 Å². The van der Waals surface area contributed by atoms with Gasteiger partial charge in [0.1, 0.15) is 0 Å². The normalized spacial score (nSPS) is 24.1. The van der Waals surface area contributed by atoms with Gasteiger partial charge in [0.05, 0.1) is 23.5 Å². The van der Waals surface area contributed by atoms with E-state index in [4.69, 9.17) is 11.6 Å². The quantitative estimate of drug-likeness (QED) is 0.846.